The molecule has 0 saturated heterocycles. The summed E-state index contributed by atoms with van der Waals surface area (Å²) in [7, 11) is 1.98. The van der Waals surface area contributed by atoms with E-state index in [-0.39, 0.29) is 6.04 Å². The standard InChI is InChI=1S/C11H11BrClNS2/c1-6-4-15-5-7(6)10(14-2)9-3-8(12)11(13)16-9/h3-5,10,14H,1-2H3. The average molecular weight is 337 g/mol. The van der Waals surface area contributed by atoms with E-state index >= 15 is 0 Å². The van der Waals surface area contributed by atoms with Crippen LogP contribution in [-0.2, 0) is 0 Å². The lowest BCUT2D eigenvalue weighted by Gasteiger charge is -2.14. The molecule has 0 bridgehead atoms. The second-order valence-electron chi connectivity index (χ2n) is 3.50. The van der Waals surface area contributed by atoms with Crippen LogP contribution in [0, 0.1) is 6.92 Å². The highest BCUT2D eigenvalue weighted by Crippen LogP contribution is 2.38. The molecule has 0 fully saturated rings. The molecule has 0 aliphatic carbocycles. The van der Waals surface area contributed by atoms with E-state index in [1.54, 1.807) is 22.7 Å². The lowest BCUT2D eigenvalue weighted by molar-refractivity contribution is 0.702. The lowest BCUT2D eigenvalue weighted by atomic mass is 10.1. The van der Waals surface area contributed by atoms with Crippen molar-refractivity contribution in [3.05, 3.63) is 41.6 Å². The Morgan fingerprint density at radius 1 is 1.44 bits per heavy atom. The van der Waals surface area contributed by atoms with E-state index in [2.05, 4.69) is 45.0 Å². The van der Waals surface area contributed by atoms with Crippen LogP contribution >= 0.6 is 50.2 Å². The third kappa shape index (κ3) is 2.36. The maximum atomic E-state index is 6.08. The number of nitrogens with one attached hydrogen (secondary N) is 1. The summed E-state index contributed by atoms with van der Waals surface area (Å²) in [4.78, 5) is 1.24. The molecule has 2 rings (SSSR count). The van der Waals surface area contributed by atoms with Crippen LogP contribution in [0.2, 0.25) is 4.34 Å². The lowest BCUT2D eigenvalue weighted by Crippen LogP contribution is -2.16. The first kappa shape index (κ1) is 12.6. The molecule has 0 amide bonds. The molecule has 2 aromatic heterocycles. The Hall–Kier alpha value is 0.130. The Bertz CT molecular complexity index is 472. The Morgan fingerprint density at radius 3 is 2.62 bits per heavy atom. The first-order chi connectivity index (χ1) is 7.63. The minimum Gasteiger partial charge on any atom is -0.309 e. The van der Waals surface area contributed by atoms with Crippen molar-refractivity contribution < 1.29 is 0 Å². The third-order valence-corrected chi connectivity index (χ3v) is 5.86. The van der Waals surface area contributed by atoms with Gasteiger partial charge in [0.25, 0.3) is 0 Å². The van der Waals surface area contributed by atoms with Crippen molar-refractivity contribution in [3.8, 4) is 0 Å². The fraction of sp³-hybridized carbons (Fsp3) is 0.273. The Kier molecular flexibility index (Phi) is 4.08. The molecule has 1 N–H and O–H groups in total. The van der Waals surface area contributed by atoms with Gasteiger partial charge in [0.1, 0.15) is 4.34 Å². The average Bonchev–Trinajstić information content (AvgIpc) is 2.78. The van der Waals surface area contributed by atoms with Crippen LogP contribution < -0.4 is 5.32 Å². The molecule has 1 unspecified atom stereocenters. The molecule has 86 valence electrons. The number of halogens is 2. The highest BCUT2D eigenvalue weighted by atomic mass is 79.9. The first-order valence-electron chi connectivity index (χ1n) is 4.78. The van der Waals surface area contributed by atoms with E-state index in [9.17, 15) is 0 Å². The van der Waals surface area contributed by atoms with Gasteiger partial charge in [0.05, 0.1) is 6.04 Å². The summed E-state index contributed by atoms with van der Waals surface area (Å²) >= 11 is 12.9. The molecule has 0 spiro atoms. The van der Waals surface area contributed by atoms with Gasteiger partial charge in [-0.3, -0.25) is 0 Å². The minimum atomic E-state index is 0.236. The molecular formula is C11H11BrClNS2. The van der Waals surface area contributed by atoms with Crippen molar-refractivity contribution in [2.24, 2.45) is 0 Å². The van der Waals surface area contributed by atoms with Crippen molar-refractivity contribution in [2.75, 3.05) is 7.05 Å². The van der Waals surface area contributed by atoms with Gasteiger partial charge < -0.3 is 5.32 Å². The van der Waals surface area contributed by atoms with Crippen molar-refractivity contribution in [1.29, 1.82) is 0 Å². The molecule has 0 radical (unpaired) electrons. The largest absolute Gasteiger partial charge is 0.309 e. The SMILES string of the molecule is CNC(c1cc(Br)c(Cl)s1)c1cscc1C. The molecule has 2 heterocycles. The van der Waals surface area contributed by atoms with Gasteiger partial charge in [0, 0.05) is 9.35 Å². The van der Waals surface area contributed by atoms with Crippen molar-refractivity contribution in [3.63, 3.8) is 0 Å². The molecule has 1 nitrogen and oxygen atoms in total. The third-order valence-electron chi connectivity index (χ3n) is 2.44. The maximum Gasteiger partial charge on any atom is 0.107 e. The Labute approximate surface area is 117 Å². The maximum absolute atomic E-state index is 6.08. The zero-order chi connectivity index (χ0) is 11.7. The number of hydrogen-bond acceptors (Lipinski definition) is 3. The van der Waals surface area contributed by atoms with Crippen molar-refractivity contribution in [1.82, 2.24) is 5.32 Å². The zero-order valence-electron chi connectivity index (χ0n) is 8.88. The van der Waals surface area contributed by atoms with E-state index in [1.807, 2.05) is 7.05 Å². The van der Waals surface area contributed by atoms with Crippen LogP contribution in [0.3, 0.4) is 0 Å². The highest BCUT2D eigenvalue weighted by Gasteiger charge is 2.18. The summed E-state index contributed by atoms with van der Waals surface area (Å²) < 4.78 is 1.78. The van der Waals surface area contributed by atoms with Gasteiger partial charge in [0.2, 0.25) is 0 Å². The predicted octanol–water partition coefficient (Wildman–Crippen LogP) is 4.84. The van der Waals surface area contributed by atoms with E-state index in [0.717, 1.165) is 8.81 Å². The van der Waals surface area contributed by atoms with Crippen LogP contribution in [0.15, 0.2) is 21.3 Å². The normalized spacial score (nSPS) is 13.0. The molecule has 0 aliphatic heterocycles. The fourth-order valence-electron chi connectivity index (χ4n) is 1.62. The Balaban J connectivity index is 2.40. The summed E-state index contributed by atoms with van der Waals surface area (Å²) in [5.74, 6) is 0. The van der Waals surface area contributed by atoms with Crippen LogP contribution in [-0.4, -0.2) is 7.05 Å². The van der Waals surface area contributed by atoms with E-state index in [4.69, 9.17) is 11.6 Å². The second kappa shape index (κ2) is 5.19. The predicted molar refractivity (Wildman–Crippen MR) is 77.0 cm³/mol. The molecule has 2 aromatic rings. The molecule has 0 aliphatic rings. The van der Waals surface area contributed by atoms with Crippen molar-refractivity contribution in [2.45, 2.75) is 13.0 Å². The summed E-state index contributed by atoms with van der Waals surface area (Å²) in [6, 6.07) is 2.32. The number of rotatable bonds is 3. The molecule has 16 heavy (non-hydrogen) atoms. The fourth-order valence-corrected chi connectivity index (χ4v) is 4.37. The monoisotopic (exact) mass is 335 g/mol. The molecule has 0 saturated carbocycles. The quantitative estimate of drug-likeness (QED) is 0.845. The van der Waals surface area contributed by atoms with E-state index in [0.29, 0.717) is 0 Å². The van der Waals surface area contributed by atoms with Crippen LogP contribution in [0.1, 0.15) is 22.0 Å². The van der Waals surface area contributed by atoms with Crippen LogP contribution in [0.25, 0.3) is 0 Å². The van der Waals surface area contributed by atoms with Crippen molar-refractivity contribution >= 4 is 50.2 Å². The Morgan fingerprint density at radius 2 is 2.19 bits per heavy atom. The summed E-state index contributed by atoms with van der Waals surface area (Å²) in [6.45, 7) is 2.14. The van der Waals surface area contributed by atoms with Gasteiger partial charge in [-0.2, -0.15) is 11.3 Å². The van der Waals surface area contributed by atoms with Gasteiger partial charge >= 0.3 is 0 Å². The second-order valence-corrected chi connectivity index (χ2v) is 6.79. The zero-order valence-corrected chi connectivity index (χ0v) is 12.9. The molecule has 5 heteroatoms. The molecular weight excluding hydrogens is 326 g/mol. The summed E-state index contributed by atoms with van der Waals surface area (Å²) in [6.07, 6.45) is 0. The smallest absolute Gasteiger partial charge is 0.107 e. The molecule has 0 aromatic carbocycles. The number of thiophene rings is 2. The van der Waals surface area contributed by atoms with Gasteiger partial charge in [-0.15, -0.1) is 11.3 Å². The van der Waals surface area contributed by atoms with Crippen LogP contribution in [0.4, 0.5) is 0 Å². The van der Waals surface area contributed by atoms with E-state index < -0.39 is 0 Å². The van der Waals surface area contributed by atoms with E-state index in [1.165, 1.54) is 16.0 Å². The minimum absolute atomic E-state index is 0.236. The van der Waals surface area contributed by atoms with Crippen LogP contribution in [0.5, 0.6) is 0 Å². The molecule has 1 atom stereocenters. The van der Waals surface area contributed by atoms with Gasteiger partial charge in [-0.05, 0) is 57.9 Å². The number of aryl methyl sites for hydroxylation is 1. The van der Waals surface area contributed by atoms with Gasteiger partial charge in [-0.1, -0.05) is 11.6 Å². The highest BCUT2D eigenvalue weighted by molar-refractivity contribution is 9.10. The topological polar surface area (TPSA) is 12.0 Å². The number of hydrogen-bond donors (Lipinski definition) is 1. The summed E-state index contributed by atoms with van der Waals surface area (Å²) in [5, 5.41) is 7.70. The van der Waals surface area contributed by atoms with Gasteiger partial charge in [0.15, 0.2) is 0 Å². The van der Waals surface area contributed by atoms with Gasteiger partial charge in [-0.25, -0.2) is 0 Å². The first-order valence-corrected chi connectivity index (χ1v) is 7.71. The summed E-state index contributed by atoms with van der Waals surface area (Å²) in [5.41, 5.74) is 2.66.